The lowest BCUT2D eigenvalue weighted by molar-refractivity contribution is -0.117. The molecule has 0 saturated heterocycles. The van der Waals surface area contributed by atoms with Crippen LogP contribution >= 0.6 is 11.3 Å². The third-order valence-corrected chi connectivity index (χ3v) is 6.81. The zero-order chi connectivity index (χ0) is 21.6. The Hall–Kier alpha value is -2.94. The Balaban J connectivity index is 1.43. The largest absolute Gasteiger partial charge is 0.386 e. The fourth-order valence-corrected chi connectivity index (χ4v) is 4.66. The van der Waals surface area contributed by atoms with E-state index in [0.29, 0.717) is 23.7 Å². The van der Waals surface area contributed by atoms with Crippen molar-refractivity contribution >= 4 is 45.4 Å². The number of amides is 1. The molecule has 0 unspecified atom stereocenters. The zero-order valence-corrected chi connectivity index (χ0v) is 18.3. The molecule has 0 aromatic carbocycles. The van der Waals surface area contributed by atoms with Gasteiger partial charge in [0.05, 0.1) is 15.9 Å². The minimum atomic E-state index is -0.106. The second-order valence-electron chi connectivity index (χ2n) is 8.10. The van der Waals surface area contributed by atoms with Crippen LogP contribution in [0.2, 0.25) is 0 Å². The highest BCUT2D eigenvalue weighted by atomic mass is 32.1. The normalized spacial score (nSPS) is 21.7. The predicted molar refractivity (Wildman–Crippen MR) is 127 cm³/mol. The highest BCUT2D eigenvalue weighted by Crippen LogP contribution is 2.30. The second-order valence-corrected chi connectivity index (χ2v) is 9.02. The number of rotatable bonds is 9. The van der Waals surface area contributed by atoms with E-state index in [2.05, 4.69) is 32.8 Å². The lowest BCUT2D eigenvalue weighted by atomic mass is 9.91. The third-order valence-electron chi connectivity index (χ3n) is 5.89. The van der Waals surface area contributed by atoms with Crippen molar-refractivity contribution < 1.29 is 4.79 Å². The van der Waals surface area contributed by atoms with Crippen molar-refractivity contribution in [1.82, 2.24) is 20.6 Å². The van der Waals surface area contributed by atoms with Gasteiger partial charge in [-0.25, -0.2) is 4.98 Å². The molecule has 0 aliphatic heterocycles. The van der Waals surface area contributed by atoms with Crippen LogP contribution < -0.4 is 21.3 Å². The number of hydrogen-bond donors (Lipinski definition) is 5. The summed E-state index contributed by atoms with van der Waals surface area (Å²) >= 11 is 1.62. The van der Waals surface area contributed by atoms with Gasteiger partial charge < -0.3 is 26.7 Å². The smallest absolute Gasteiger partial charge is 0.243 e. The van der Waals surface area contributed by atoms with Crippen LogP contribution in [0.1, 0.15) is 44.9 Å². The monoisotopic (exact) mass is 439 g/mol. The Bertz CT molecular complexity index is 973. The van der Waals surface area contributed by atoms with Gasteiger partial charge >= 0.3 is 0 Å². The summed E-state index contributed by atoms with van der Waals surface area (Å²) < 4.78 is 1.03. The average molecular weight is 440 g/mol. The molecule has 0 radical (unpaired) electrons. The molecule has 1 amide bonds. The van der Waals surface area contributed by atoms with E-state index in [1.165, 1.54) is 31.6 Å². The number of hydrogen-bond acceptors (Lipinski definition) is 8. The number of allylic oxidation sites excluding steroid dienone is 1. The molecule has 9 heteroatoms. The van der Waals surface area contributed by atoms with Gasteiger partial charge in [0.1, 0.15) is 5.82 Å². The Labute approximate surface area is 186 Å². The molecule has 0 spiro atoms. The Morgan fingerprint density at radius 1 is 1.13 bits per heavy atom. The molecule has 4 rings (SSSR count). The van der Waals surface area contributed by atoms with Crippen LogP contribution in [-0.4, -0.2) is 40.2 Å². The zero-order valence-electron chi connectivity index (χ0n) is 17.5. The Morgan fingerprint density at radius 2 is 1.90 bits per heavy atom. The van der Waals surface area contributed by atoms with Crippen LogP contribution in [0.25, 0.3) is 10.2 Å². The van der Waals surface area contributed by atoms with Crippen molar-refractivity contribution in [3.63, 3.8) is 0 Å². The van der Waals surface area contributed by atoms with E-state index in [4.69, 9.17) is 10.4 Å². The van der Waals surface area contributed by atoms with Gasteiger partial charge in [-0.15, -0.1) is 11.3 Å². The van der Waals surface area contributed by atoms with Gasteiger partial charge in [-0.05, 0) is 62.5 Å². The summed E-state index contributed by atoms with van der Waals surface area (Å²) in [5.74, 6) is 1.19. The Kier molecular flexibility index (Phi) is 6.81. The molecule has 2 aromatic rings. The average Bonchev–Trinajstić information content (AvgIpc) is 3.22. The van der Waals surface area contributed by atoms with Crippen molar-refractivity contribution in [3.05, 3.63) is 36.0 Å². The van der Waals surface area contributed by atoms with Crippen molar-refractivity contribution in [1.29, 1.82) is 5.41 Å². The van der Waals surface area contributed by atoms with E-state index < -0.39 is 0 Å². The van der Waals surface area contributed by atoms with Crippen LogP contribution in [0.4, 0.5) is 11.8 Å². The van der Waals surface area contributed by atoms with Gasteiger partial charge in [-0.2, -0.15) is 4.98 Å². The summed E-state index contributed by atoms with van der Waals surface area (Å²) in [4.78, 5) is 20.9. The van der Waals surface area contributed by atoms with E-state index in [1.54, 1.807) is 11.3 Å². The van der Waals surface area contributed by atoms with Crippen molar-refractivity contribution in [3.8, 4) is 0 Å². The van der Waals surface area contributed by atoms with Crippen molar-refractivity contribution in [2.24, 2.45) is 0 Å². The van der Waals surface area contributed by atoms with E-state index in [1.807, 2.05) is 17.6 Å². The molecule has 5 N–H and O–H groups in total. The van der Waals surface area contributed by atoms with Gasteiger partial charge in [0.2, 0.25) is 11.9 Å². The quantitative estimate of drug-likeness (QED) is 0.300. The maximum absolute atomic E-state index is 11.5. The molecule has 2 aromatic heterocycles. The maximum Gasteiger partial charge on any atom is 0.243 e. The second kappa shape index (κ2) is 9.91. The fraction of sp³-hybridized carbons (Fsp3) is 0.455. The minimum absolute atomic E-state index is 0.106. The summed E-state index contributed by atoms with van der Waals surface area (Å²) in [6.07, 6.45) is 11.8. The number of aromatic nitrogens is 2. The van der Waals surface area contributed by atoms with Crippen molar-refractivity contribution in [2.75, 3.05) is 10.6 Å². The van der Waals surface area contributed by atoms with Gasteiger partial charge in [0, 0.05) is 30.5 Å². The molecule has 0 atom stereocenters. The summed E-state index contributed by atoms with van der Waals surface area (Å²) in [6, 6.07) is 2.99. The van der Waals surface area contributed by atoms with E-state index in [0.717, 1.165) is 41.7 Å². The number of thiophene rings is 1. The summed E-state index contributed by atoms with van der Waals surface area (Å²) in [5.41, 5.74) is 1.51. The first-order valence-electron chi connectivity index (χ1n) is 10.8. The molecule has 2 aliphatic rings. The predicted octanol–water partition coefficient (Wildman–Crippen LogP) is 3.76. The van der Waals surface area contributed by atoms with Crippen LogP contribution in [0, 0.1) is 5.41 Å². The molecule has 0 bridgehead atoms. The molecule has 8 nitrogen and oxygen atoms in total. The molecular weight excluding hydrogens is 410 g/mol. The molecule has 31 heavy (non-hydrogen) atoms. The third kappa shape index (κ3) is 5.41. The van der Waals surface area contributed by atoms with Crippen LogP contribution in [-0.2, 0) is 4.79 Å². The van der Waals surface area contributed by atoms with Crippen LogP contribution in [0.3, 0.4) is 0 Å². The van der Waals surface area contributed by atoms with Crippen LogP contribution in [0.15, 0.2) is 36.0 Å². The molecule has 2 fully saturated rings. The number of nitrogens with one attached hydrogen (secondary N) is 5. The molecular formula is C22H29N7OS. The number of fused-ring (bicyclic) bond motifs is 1. The minimum Gasteiger partial charge on any atom is -0.386 e. The van der Waals surface area contributed by atoms with Crippen molar-refractivity contribution in [2.45, 2.75) is 63.1 Å². The lowest BCUT2D eigenvalue weighted by Gasteiger charge is -2.29. The lowest BCUT2D eigenvalue weighted by Crippen LogP contribution is -2.39. The Morgan fingerprint density at radius 3 is 2.58 bits per heavy atom. The SMILES string of the molecule is C=CC(=O)N[C@H]1CC[C@@H](Nc2nc(N/C(C=N)=C/NC3CCC3)nc3ccsc23)CC1. The molecule has 2 heterocycles. The number of carbonyl (C=O) groups is 1. The standard InChI is InChI=1S/C22H29N7OS/c1-2-19(30)25-15-6-8-16(9-7-15)26-21-20-18(10-11-31-20)28-22(29-21)27-17(12-23)13-24-14-4-3-5-14/h2,10-16,23-24H,1,3-9H2,(H,25,30)(H2,26,27,28,29)/b17-13+,23-12?/t15-,16+. The summed E-state index contributed by atoms with van der Waals surface area (Å²) in [7, 11) is 0. The highest BCUT2D eigenvalue weighted by Gasteiger charge is 2.23. The van der Waals surface area contributed by atoms with Crippen LogP contribution in [0.5, 0.6) is 0 Å². The van der Waals surface area contributed by atoms with E-state index in [-0.39, 0.29) is 11.9 Å². The number of nitrogens with zero attached hydrogens (tertiary/aromatic N) is 2. The van der Waals surface area contributed by atoms with Gasteiger partial charge in [-0.3, -0.25) is 4.79 Å². The van der Waals surface area contributed by atoms with Gasteiger partial charge in [0.15, 0.2) is 0 Å². The summed E-state index contributed by atoms with van der Waals surface area (Å²) in [6.45, 7) is 3.52. The fourth-order valence-electron chi connectivity index (χ4n) is 3.88. The number of carbonyl (C=O) groups excluding carboxylic acids is 1. The topological polar surface area (TPSA) is 115 Å². The highest BCUT2D eigenvalue weighted by molar-refractivity contribution is 7.17. The van der Waals surface area contributed by atoms with E-state index >= 15 is 0 Å². The first-order valence-corrected chi connectivity index (χ1v) is 11.7. The van der Waals surface area contributed by atoms with Gasteiger partial charge in [0.25, 0.3) is 0 Å². The number of anilines is 2. The first kappa shape index (κ1) is 21.3. The molecule has 2 saturated carbocycles. The van der Waals surface area contributed by atoms with E-state index in [9.17, 15) is 4.79 Å². The first-order chi connectivity index (χ1) is 15.1. The molecule has 2 aliphatic carbocycles. The van der Waals surface area contributed by atoms with Gasteiger partial charge in [-0.1, -0.05) is 6.58 Å². The maximum atomic E-state index is 11.5. The summed E-state index contributed by atoms with van der Waals surface area (Å²) in [5, 5.41) is 22.8. The molecule has 164 valence electrons.